The van der Waals surface area contributed by atoms with E-state index in [1.165, 1.54) is 0 Å². The molecule has 0 radical (unpaired) electrons. The maximum atomic E-state index is 12.8. The van der Waals surface area contributed by atoms with Gasteiger partial charge in [0.2, 0.25) is 0 Å². The second-order valence-corrected chi connectivity index (χ2v) is 8.73. The van der Waals surface area contributed by atoms with Crippen LogP contribution in [-0.2, 0) is 16.8 Å². The van der Waals surface area contributed by atoms with Crippen LogP contribution in [0.4, 0.5) is 0 Å². The molecule has 0 atom stereocenters. The molecule has 3 rings (SSSR count). The number of piperidine rings is 1. The van der Waals surface area contributed by atoms with Gasteiger partial charge in [-0.05, 0) is 43.5 Å². The predicted octanol–water partition coefficient (Wildman–Crippen LogP) is 1.80. The van der Waals surface area contributed by atoms with E-state index in [1.807, 2.05) is 24.3 Å². The van der Waals surface area contributed by atoms with Crippen molar-refractivity contribution in [3.05, 3.63) is 35.4 Å². The average molecular weight is 362 g/mol. The van der Waals surface area contributed by atoms with Gasteiger partial charge in [-0.3, -0.25) is 4.90 Å². The lowest BCUT2D eigenvalue weighted by molar-refractivity contribution is 0.272. The average Bonchev–Trinajstić information content (AvgIpc) is 2.89. The standard InChI is InChI=1S/C18H26N4O2S/c19-15-17-5-7-18(8-6-17)16-20-9-4-12-22(14-13-20)25(23,24)21-10-2-1-3-11-21/h5-8H,1-4,9-14,16H2. The van der Waals surface area contributed by atoms with Crippen molar-refractivity contribution in [2.45, 2.75) is 32.2 Å². The van der Waals surface area contributed by atoms with Gasteiger partial charge in [-0.1, -0.05) is 18.6 Å². The van der Waals surface area contributed by atoms with Gasteiger partial charge < -0.3 is 0 Å². The van der Waals surface area contributed by atoms with Crippen molar-refractivity contribution in [3.8, 4) is 6.07 Å². The molecule has 6 nitrogen and oxygen atoms in total. The smallest absolute Gasteiger partial charge is 0.282 e. The highest BCUT2D eigenvalue weighted by Crippen LogP contribution is 2.19. The molecule has 0 unspecified atom stereocenters. The maximum absolute atomic E-state index is 12.8. The molecule has 0 N–H and O–H groups in total. The molecule has 136 valence electrons. The Morgan fingerprint density at radius 1 is 0.840 bits per heavy atom. The Morgan fingerprint density at radius 3 is 2.16 bits per heavy atom. The molecule has 1 aromatic rings. The minimum atomic E-state index is -3.31. The minimum absolute atomic E-state index is 0.551. The fourth-order valence-electron chi connectivity index (χ4n) is 3.54. The molecule has 0 saturated carbocycles. The molecule has 0 aliphatic carbocycles. The second kappa shape index (κ2) is 8.28. The Labute approximate surface area is 150 Å². The SMILES string of the molecule is N#Cc1ccc(CN2CCCN(S(=O)(=O)N3CCCCC3)CC2)cc1. The summed E-state index contributed by atoms with van der Waals surface area (Å²) in [5.41, 5.74) is 1.82. The number of nitriles is 1. The first-order chi connectivity index (χ1) is 12.1. The molecule has 25 heavy (non-hydrogen) atoms. The van der Waals surface area contributed by atoms with Crippen LogP contribution in [-0.4, -0.2) is 61.2 Å². The van der Waals surface area contributed by atoms with Crippen molar-refractivity contribution in [3.63, 3.8) is 0 Å². The van der Waals surface area contributed by atoms with E-state index in [1.54, 1.807) is 8.61 Å². The van der Waals surface area contributed by atoms with Gasteiger partial charge in [0, 0.05) is 39.3 Å². The zero-order valence-electron chi connectivity index (χ0n) is 14.6. The maximum Gasteiger partial charge on any atom is 0.282 e. The molecule has 7 heteroatoms. The summed E-state index contributed by atoms with van der Waals surface area (Å²) < 4.78 is 29.0. The van der Waals surface area contributed by atoms with Crippen molar-refractivity contribution in [1.82, 2.24) is 13.5 Å². The fourth-order valence-corrected chi connectivity index (χ4v) is 5.26. The van der Waals surface area contributed by atoms with Gasteiger partial charge in [0.1, 0.15) is 0 Å². The molecule has 0 spiro atoms. The number of hydrogen-bond acceptors (Lipinski definition) is 4. The fraction of sp³-hybridized carbons (Fsp3) is 0.611. The van der Waals surface area contributed by atoms with E-state index in [2.05, 4.69) is 11.0 Å². The minimum Gasteiger partial charge on any atom is -0.298 e. The van der Waals surface area contributed by atoms with Gasteiger partial charge in [-0.25, -0.2) is 0 Å². The van der Waals surface area contributed by atoms with E-state index >= 15 is 0 Å². The molecular weight excluding hydrogens is 336 g/mol. The highest BCUT2D eigenvalue weighted by Gasteiger charge is 2.31. The molecule has 0 bridgehead atoms. The lowest BCUT2D eigenvalue weighted by atomic mass is 10.1. The normalized spacial score (nSPS) is 21.6. The number of nitrogens with zero attached hydrogens (tertiary/aromatic N) is 4. The lowest BCUT2D eigenvalue weighted by Crippen LogP contribution is -2.47. The monoisotopic (exact) mass is 362 g/mol. The van der Waals surface area contributed by atoms with Crippen LogP contribution >= 0.6 is 0 Å². The van der Waals surface area contributed by atoms with Crippen LogP contribution in [0.15, 0.2) is 24.3 Å². The molecular formula is C18H26N4O2S. The van der Waals surface area contributed by atoms with Gasteiger partial charge in [0.25, 0.3) is 10.2 Å². The summed E-state index contributed by atoms with van der Waals surface area (Å²) in [5, 5.41) is 8.87. The largest absolute Gasteiger partial charge is 0.298 e. The van der Waals surface area contributed by atoms with Crippen molar-refractivity contribution in [1.29, 1.82) is 5.26 Å². The molecule has 0 amide bonds. The number of benzene rings is 1. The summed E-state index contributed by atoms with van der Waals surface area (Å²) in [7, 11) is -3.31. The van der Waals surface area contributed by atoms with Gasteiger partial charge in [0.15, 0.2) is 0 Å². The molecule has 1 aromatic carbocycles. The summed E-state index contributed by atoms with van der Waals surface area (Å²) in [6.07, 6.45) is 3.92. The zero-order chi connectivity index (χ0) is 17.7. The van der Waals surface area contributed by atoms with Crippen LogP contribution in [0, 0.1) is 11.3 Å². The summed E-state index contributed by atoms with van der Waals surface area (Å²) in [5.74, 6) is 0. The van der Waals surface area contributed by atoms with E-state index in [4.69, 9.17) is 5.26 Å². The summed E-state index contributed by atoms with van der Waals surface area (Å²) in [6.45, 7) is 4.90. The third kappa shape index (κ3) is 4.59. The van der Waals surface area contributed by atoms with Crippen molar-refractivity contribution < 1.29 is 8.42 Å². The van der Waals surface area contributed by atoms with E-state index in [9.17, 15) is 8.42 Å². The van der Waals surface area contributed by atoms with Crippen LogP contribution in [0.3, 0.4) is 0 Å². The topological polar surface area (TPSA) is 67.6 Å². The predicted molar refractivity (Wildman–Crippen MR) is 97.0 cm³/mol. The first kappa shape index (κ1) is 18.3. The first-order valence-electron chi connectivity index (χ1n) is 9.06. The van der Waals surface area contributed by atoms with Gasteiger partial charge >= 0.3 is 0 Å². The van der Waals surface area contributed by atoms with Crippen molar-refractivity contribution in [2.75, 3.05) is 39.3 Å². The highest BCUT2D eigenvalue weighted by atomic mass is 32.2. The molecule has 2 fully saturated rings. The van der Waals surface area contributed by atoms with E-state index < -0.39 is 10.2 Å². The quantitative estimate of drug-likeness (QED) is 0.819. The third-order valence-corrected chi connectivity index (χ3v) is 7.04. The van der Waals surface area contributed by atoms with Crippen molar-refractivity contribution >= 4 is 10.2 Å². The summed E-state index contributed by atoms with van der Waals surface area (Å²) in [4.78, 5) is 2.30. The van der Waals surface area contributed by atoms with Crippen LogP contribution in [0.25, 0.3) is 0 Å². The summed E-state index contributed by atoms with van der Waals surface area (Å²) >= 11 is 0. The second-order valence-electron chi connectivity index (χ2n) is 6.80. The van der Waals surface area contributed by atoms with E-state index in [0.717, 1.165) is 50.9 Å². The third-order valence-electron chi connectivity index (χ3n) is 5.00. The molecule has 2 aliphatic rings. The first-order valence-corrected chi connectivity index (χ1v) is 10.5. The number of rotatable bonds is 4. The van der Waals surface area contributed by atoms with Crippen LogP contribution < -0.4 is 0 Å². The Bertz CT molecular complexity index is 706. The molecule has 2 heterocycles. The Hall–Kier alpha value is -1.46. The Kier molecular flexibility index (Phi) is 6.07. The van der Waals surface area contributed by atoms with Crippen LogP contribution in [0.2, 0.25) is 0 Å². The molecule has 0 aromatic heterocycles. The zero-order valence-corrected chi connectivity index (χ0v) is 15.4. The van der Waals surface area contributed by atoms with E-state index in [-0.39, 0.29) is 0 Å². The molecule has 2 saturated heterocycles. The lowest BCUT2D eigenvalue weighted by Gasteiger charge is -2.31. The van der Waals surface area contributed by atoms with Crippen LogP contribution in [0.5, 0.6) is 0 Å². The van der Waals surface area contributed by atoms with E-state index in [0.29, 0.717) is 31.7 Å². The Morgan fingerprint density at radius 2 is 1.48 bits per heavy atom. The highest BCUT2D eigenvalue weighted by molar-refractivity contribution is 7.86. The Balaban J connectivity index is 1.59. The summed E-state index contributed by atoms with van der Waals surface area (Å²) in [6, 6.07) is 9.75. The number of hydrogen-bond donors (Lipinski definition) is 0. The van der Waals surface area contributed by atoms with Crippen LogP contribution in [0.1, 0.15) is 36.8 Å². The van der Waals surface area contributed by atoms with Crippen molar-refractivity contribution in [2.24, 2.45) is 0 Å². The van der Waals surface area contributed by atoms with Gasteiger partial charge in [0.05, 0.1) is 11.6 Å². The molecule has 2 aliphatic heterocycles. The van der Waals surface area contributed by atoms with Gasteiger partial charge in [-0.2, -0.15) is 22.3 Å². The van der Waals surface area contributed by atoms with Gasteiger partial charge in [-0.15, -0.1) is 0 Å².